The van der Waals surface area contributed by atoms with E-state index in [1.807, 2.05) is 6.92 Å². The molecule has 0 N–H and O–H groups in total. The van der Waals surface area contributed by atoms with Crippen molar-refractivity contribution in [3.63, 3.8) is 0 Å². The minimum atomic E-state index is -3.48. The molecule has 0 aliphatic rings. The van der Waals surface area contributed by atoms with Gasteiger partial charge in [-0.15, -0.1) is 0 Å². The van der Waals surface area contributed by atoms with E-state index in [0.29, 0.717) is 9.51 Å². The van der Waals surface area contributed by atoms with Crippen LogP contribution in [0.2, 0.25) is 5.02 Å². The lowest BCUT2D eigenvalue weighted by molar-refractivity contribution is 0.605. The summed E-state index contributed by atoms with van der Waals surface area (Å²) in [4.78, 5) is 0.272. The molecule has 104 valence electrons. The Morgan fingerprint density at radius 3 is 2.15 bits per heavy atom. The van der Waals surface area contributed by atoms with Crippen LogP contribution in [0.5, 0.6) is 0 Å². The summed E-state index contributed by atoms with van der Waals surface area (Å²) >= 11 is 9.10. The molecule has 0 atom stereocenters. The second-order valence-electron chi connectivity index (χ2n) is 4.33. The molecule has 0 aliphatic carbocycles. The zero-order valence-electron chi connectivity index (χ0n) is 10.7. The Balaban J connectivity index is 2.37. The van der Waals surface area contributed by atoms with E-state index in [1.54, 1.807) is 48.5 Å². The SMILES string of the molecule is Cc1ccc(S(=O)(=O)/C=C(\Br)c2ccc(Cl)cc2)cc1. The minimum Gasteiger partial charge on any atom is -0.219 e. The predicted octanol–water partition coefficient (Wildman–Crippen LogP) is 4.82. The van der Waals surface area contributed by atoms with Crippen LogP contribution >= 0.6 is 27.5 Å². The summed E-state index contributed by atoms with van der Waals surface area (Å²) in [5.74, 6) is 0. The van der Waals surface area contributed by atoms with Gasteiger partial charge in [-0.1, -0.05) is 41.4 Å². The second kappa shape index (κ2) is 6.12. The highest BCUT2D eigenvalue weighted by atomic mass is 79.9. The Hall–Kier alpha value is -1.10. The number of hydrogen-bond acceptors (Lipinski definition) is 2. The molecular formula is C15H12BrClO2S. The van der Waals surface area contributed by atoms with Gasteiger partial charge in [0.1, 0.15) is 0 Å². The van der Waals surface area contributed by atoms with E-state index in [-0.39, 0.29) is 4.90 Å². The van der Waals surface area contributed by atoms with Gasteiger partial charge in [0.15, 0.2) is 0 Å². The van der Waals surface area contributed by atoms with Gasteiger partial charge in [-0.3, -0.25) is 0 Å². The molecule has 0 bridgehead atoms. The molecule has 2 aromatic carbocycles. The first-order chi connectivity index (χ1) is 9.38. The lowest BCUT2D eigenvalue weighted by Crippen LogP contribution is -1.97. The predicted molar refractivity (Wildman–Crippen MR) is 86.7 cm³/mol. The van der Waals surface area contributed by atoms with Crippen molar-refractivity contribution in [1.29, 1.82) is 0 Å². The summed E-state index contributed by atoms with van der Waals surface area (Å²) in [6.45, 7) is 1.91. The number of halogens is 2. The molecule has 20 heavy (non-hydrogen) atoms. The van der Waals surface area contributed by atoms with Gasteiger partial charge in [0, 0.05) is 9.51 Å². The van der Waals surface area contributed by atoms with E-state index in [4.69, 9.17) is 11.6 Å². The van der Waals surface area contributed by atoms with Crippen molar-refractivity contribution in [1.82, 2.24) is 0 Å². The van der Waals surface area contributed by atoms with E-state index in [0.717, 1.165) is 11.1 Å². The average Bonchev–Trinajstić information content (AvgIpc) is 2.39. The molecule has 2 rings (SSSR count). The maximum Gasteiger partial charge on any atom is 0.200 e. The summed E-state index contributed by atoms with van der Waals surface area (Å²) in [5.41, 5.74) is 1.77. The third-order valence-electron chi connectivity index (χ3n) is 2.73. The lowest BCUT2D eigenvalue weighted by atomic mass is 10.2. The second-order valence-corrected chi connectivity index (χ2v) is 7.42. The fourth-order valence-corrected chi connectivity index (χ4v) is 3.80. The van der Waals surface area contributed by atoms with Crippen LogP contribution in [-0.2, 0) is 9.84 Å². The van der Waals surface area contributed by atoms with Crippen molar-refractivity contribution >= 4 is 41.9 Å². The van der Waals surface area contributed by atoms with Gasteiger partial charge in [-0.2, -0.15) is 0 Å². The number of sulfone groups is 1. The summed E-state index contributed by atoms with van der Waals surface area (Å²) in [5, 5.41) is 1.82. The molecule has 0 heterocycles. The normalized spacial score (nSPS) is 12.4. The van der Waals surface area contributed by atoms with Crippen molar-refractivity contribution in [2.75, 3.05) is 0 Å². The molecule has 2 nitrogen and oxygen atoms in total. The monoisotopic (exact) mass is 370 g/mol. The van der Waals surface area contributed by atoms with Gasteiger partial charge in [0.25, 0.3) is 0 Å². The Morgan fingerprint density at radius 2 is 1.60 bits per heavy atom. The van der Waals surface area contributed by atoms with Crippen molar-refractivity contribution in [2.45, 2.75) is 11.8 Å². The van der Waals surface area contributed by atoms with E-state index < -0.39 is 9.84 Å². The number of hydrogen-bond donors (Lipinski definition) is 0. The lowest BCUT2D eigenvalue weighted by Gasteiger charge is -2.03. The van der Waals surface area contributed by atoms with Gasteiger partial charge in [0.05, 0.1) is 10.3 Å². The van der Waals surface area contributed by atoms with E-state index >= 15 is 0 Å². The first-order valence-corrected chi connectivity index (χ1v) is 8.55. The fourth-order valence-electron chi connectivity index (χ4n) is 1.61. The zero-order valence-corrected chi connectivity index (χ0v) is 13.8. The quantitative estimate of drug-likeness (QED) is 0.775. The largest absolute Gasteiger partial charge is 0.219 e. The smallest absolute Gasteiger partial charge is 0.200 e. The van der Waals surface area contributed by atoms with Crippen LogP contribution < -0.4 is 0 Å². The van der Waals surface area contributed by atoms with Gasteiger partial charge < -0.3 is 0 Å². The van der Waals surface area contributed by atoms with Crippen LogP contribution in [0.25, 0.3) is 4.48 Å². The number of rotatable bonds is 3. The summed E-state index contributed by atoms with van der Waals surface area (Å²) in [7, 11) is -3.48. The van der Waals surface area contributed by atoms with Crippen LogP contribution in [0.4, 0.5) is 0 Å². The van der Waals surface area contributed by atoms with Crippen molar-refractivity contribution in [2.24, 2.45) is 0 Å². The Kier molecular flexibility index (Phi) is 4.68. The maximum absolute atomic E-state index is 12.3. The minimum absolute atomic E-state index is 0.272. The van der Waals surface area contributed by atoms with Crippen molar-refractivity contribution in [3.8, 4) is 0 Å². The summed E-state index contributed by atoms with van der Waals surface area (Å²) in [6.07, 6.45) is 0. The highest BCUT2D eigenvalue weighted by Crippen LogP contribution is 2.26. The summed E-state index contributed by atoms with van der Waals surface area (Å²) in [6, 6.07) is 13.7. The molecule has 0 amide bonds. The highest BCUT2D eigenvalue weighted by Gasteiger charge is 2.12. The maximum atomic E-state index is 12.3. The topological polar surface area (TPSA) is 34.1 Å². The zero-order chi connectivity index (χ0) is 14.8. The fraction of sp³-hybridized carbons (Fsp3) is 0.0667. The first-order valence-electron chi connectivity index (χ1n) is 5.83. The van der Waals surface area contributed by atoms with Crippen LogP contribution in [0, 0.1) is 6.92 Å². The molecule has 0 radical (unpaired) electrons. The van der Waals surface area contributed by atoms with Crippen molar-refractivity contribution < 1.29 is 8.42 Å². The molecular weight excluding hydrogens is 360 g/mol. The Morgan fingerprint density at radius 1 is 1.05 bits per heavy atom. The average molecular weight is 372 g/mol. The van der Waals surface area contributed by atoms with Gasteiger partial charge in [0.2, 0.25) is 9.84 Å². The molecule has 0 saturated carbocycles. The third kappa shape index (κ3) is 3.72. The molecule has 0 unspecified atom stereocenters. The van der Waals surface area contributed by atoms with Gasteiger partial charge in [-0.25, -0.2) is 8.42 Å². The number of aryl methyl sites for hydroxylation is 1. The standard InChI is InChI=1S/C15H12BrClO2S/c1-11-2-8-14(9-3-11)20(18,19)10-15(16)12-4-6-13(17)7-5-12/h2-10H,1H3/b15-10-. The number of benzene rings is 2. The van der Waals surface area contributed by atoms with Crippen LogP contribution in [0.1, 0.15) is 11.1 Å². The van der Waals surface area contributed by atoms with E-state index in [9.17, 15) is 8.42 Å². The molecule has 2 aromatic rings. The van der Waals surface area contributed by atoms with Crippen LogP contribution in [0.15, 0.2) is 58.8 Å². The highest BCUT2D eigenvalue weighted by molar-refractivity contribution is 9.15. The molecule has 0 saturated heterocycles. The van der Waals surface area contributed by atoms with E-state index in [1.165, 1.54) is 5.41 Å². The first kappa shape index (κ1) is 15.3. The molecule has 0 spiro atoms. The van der Waals surface area contributed by atoms with Crippen LogP contribution in [0.3, 0.4) is 0 Å². The Labute approximate surface area is 132 Å². The molecule has 0 aromatic heterocycles. The van der Waals surface area contributed by atoms with Gasteiger partial charge in [-0.05, 0) is 52.7 Å². The van der Waals surface area contributed by atoms with Crippen molar-refractivity contribution in [3.05, 3.63) is 70.1 Å². The van der Waals surface area contributed by atoms with E-state index in [2.05, 4.69) is 15.9 Å². The van der Waals surface area contributed by atoms with Crippen LogP contribution in [-0.4, -0.2) is 8.42 Å². The summed E-state index contributed by atoms with van der Waals surface area (Å²) < 4.78 is 25.0. The molecule has 0 fully saturated rings. The van der Waals surface area contributed by atoms with Gasteiger partial charge >= 0.3 is 0 Å². The molecule has 5 heteroatoms. The molecule has 0 aliphatic heterocycles. The third-order valence-corrected chi connectivity index (χ3v) is 5.45. The Bertz CT molecular complexity index is 732.